The van der Waals surface area contributed by atoms with Crippen LogP contribution in [0, 0.1) is 0 Å². The molecule has 1 atom stereocenters. The molecule has 1 aromatic rings. The van der Waals surface area contributed by atoms with Gasteiger partial charge in [0.25, 0.3) is 5.91 Å². The fourth-order valence-electron chi connectivity index (χ4n) is 1.91. The summed E-state index contributed by atoms with van der Waals surface area (Å²) in [5.41, 5.74) is 1.89. The highest BCUT2D eigenvalue weighted by atomic mass is 35.5. The average Bonchev–Trinajstić information content (AvgIpc) is 2.47. The number of hydrogen-bond donors (Lipinski definition) is 2. The lowest BCUT2D eigenvalue weighted by molar-refractivity contribution is -0.142. The van der Waals surface area contributed by atoms with Crippen LogP contribution in [0.3, 0.4) is 0 Å². The smallest absolute Gasteiger partial charge is 0.255 e. The Hall–Kier alpha value is -1.14. The molecule has 1 unspecified atom stereocenters. The lowest BCUT2D eigenvalue weighted by atomic mass is 10.1. The van der Waals surface area contributed by atoms with Crippen molar-refractivity contribution in [1.29, 1.82) is 0 Å². The number of halogens is 1. The Kier molecular flexibility index (Phi) is 7.54. The van der Waals surface area contributed by atoms with Crippen LogP contribution in [0.15, 0.2) is 24.3 Å². The van der Waals surface area contributed by atoms with Crippen molar-refractivity contribution in [2.24, 2.45) is 0 Å². The fourth-order valence-corrected chi connectivity index (χ4v) is 1.91. The molecule has 0 spiro atoms. The van der Waals surface area contributed by atoms with Gasteiger partial charge < -0.3 is 20.1 Å². The Morgan fingerprint density at radius 3 is 2.85 bits per heavy atom. The van der Waals surface area contributed by atoms with E-state index in [1.165, 1.54) is 0 Å². The minimum absolute atomic E-state index is 0. The standard InChI is InChI=1S/C14H20N2O3.ClH/c1-2-15-9-11-5-3-4-6-12(11)16-14(17)13-10-18-7-8-19-13;/h3-6,13,15H,2,7-10H2,1H3,(H,16,17);1H. The molecule has 1 saturated heterocycles. The third-order valence-corrected chi connectivity index (χ3v) is 2.95. The van der Waals surface area contributed by atoms with E-state index >= 15 is 0 Å². The Labute approximate surface area is 125 Å². The van der Waals surface area contributed by atoms with Crippen molar-refractivity contribution in [3.8, 4) is 0 Å². The molecule has 1 heterocycles. The summed E-state index contributed by atoms with van der Waals surface area (Å²) in [6.07, 6.45) is -0.513. The van der Waals surface area contributed by atoms with Crippen LogP contribution in [0.1, 0.15) is 12.5 Å². The third kappa shape index (κ3) is 4.76. The molecule has 1 amide bonds. The summed E-state index contributed by atoms with van der Waals surface area (Å²) < 4.78 is 10.6. The molecule has 1 aliphatic rings. The number of amides is 1. The molecule has 5 nitrogen and oxygen atoms in total. The first-order chi connectivity index (χ1) is 9.31. The van der Waals surface area contributed by atoms with E-state index in [-0.39, 0.29) is 18.3 Å². The van der Waals surface area contributed by atoms with E-state index in [1.54, 1.807) is 0 Å². The zero-order valence-electron chi connectivity index (χ0n) is 11.6. The quantitative estimate of drug-likeness (QED) is 0.867. The summed E-state index contributed by atoms with van der Waals surface area (Å²) in [6.45, 7) is 5.02. The second-order valence-corrected chi connectivity index (χ2v) is 4.36. The zero-order chi connectivity index (χ0) is 13.5. The summed E-state index contributed by atoms with van der Waals surface area (Å²) in [4.78, 5) is 12.1. The molecule has 6 heteroatoms. The topological polar surface area (TPSA) is 59.6 Å². The van der Waals surface area contributed by atoms with Gasteiger partial charge in [0.05, 0.1) is 19.8 Å². The summed E-state index contributed by atoms with van der Waals surface area (Å²) >= 11 is 0. The van der Waals surface area contributed by atoms with E-state index < -0.39 is 6.10 Å². The molecule has 1 aromatic carbocycles. The van der Waals surface area contributed by atoms with Crippen LogP contribution in [0.25, 0.3) is 0 Å². The van der Waals surface area contributed by atoms with Gasteiger partial charge in [0, 0.05) is 12.2 Å². The largest absolute Gasteiger partial charge is 0.376 e. The predicted octanol–water partition coefficient (Wildman–Crippen LogP) is 1.57. The van der Waals surface area contributed by atoms with Gasteiger partial charge in [0.1, 0.15) is 0 Å². The molecular weight excluding hydrogens is 280 g/mol. The van der Waals surface area contributed by atoms with Crippen LogP contribution in [0.2, 0.25) is 0 Å². The molecule has 0 bridgehead atoms. The molecule has 2 N–H and O–H groups in total. The van der Waals surface area contributed by atoms with Crippen LogP contribution in [-0.4, -0.2) is 38.4 Å². The first-order valence-electron chi connectivity index (χ1n) is 6.60. The number of nitrogens with one attached hydrogen (secondary N) is 2. The van der Waals surface area contributed by atoms with E-state index in [0.29, 0.717) is 19.8 Å². The van der Waals surface area contributed by atoms with Crippen LogP contribution in [-0.2, 0) is 20.8 Å². The molecule has 0 saturated carbocycles. The Morgan fingerprint density at radius 2 is 2.15 bits per heavy atom. The maximum atomic E-state index is 12.1. The number of ether oxygens (including phenoxy) is 2. The summed E-state index contributed by atoms with van der Waals surface area (Å²) in [7, 11) is 0. The molecule has 1 aliphatic heterocycles. The number of rotatable bonds is 5. The van der Waals surface area contributed by atoms with Crippen molar-refractivity contribution in [3.63, 3.8) is 0 Å². The zero-order valence-corrected chi connectivity index (χ0v) is 12.4. The molecule has 2 rings (SSSR count). The van der Waals surface area contributed by atoms with Crippen molar-refractivity contribution < 1.29 is 14.3 Å². The van der Waals surface area contributed by atoms with E-state index in [4.69, 9.17) is 9.47 Å². The minimum atomic E-state index is -0.513. The maximum absolute atomic E-state index is 12.1. The van der Waals surface area contributed by atoms with Gasteiger partial charge in [-0.15, -0.1) is 12.4 Å². The van der Waals surface area contributed by atoms with E-state index in [2.05, 4.69) is 17.6 Å². The molecule has 112 valence electrons. The number of carbonyl (C=O) groups excluding carboxylic acids is 1. The van der Waals surface area contributed by atoms with Gasteiger partial charge in [-0.2, -0.15) is 0 Å². The Morgan fingerprint density at radius 1 is 1.35 bits per heavy atom. The molecule has 0 aliphatic carbocycles. The minimum Gasteiger partial charge on any atom is -0.376 e. The van der Waals surface area contributed by atoms with Crippen molar-refractivity contribution in [2.45, 2.75) is 19.6 Å². The first kappa shape index (κ1) is 16.9. The molecule has 20 heavy (non-hydrogen) atoms. The molecule has 0 radical (unpaired) electrons. The monoisotopic (exact) mass is 300 g/mol. The van der Waals surface area contributed by atoms with Crippen molar-refractivity contribution in [2.75, 3.05) is 31.7 Å². The van der Waals surface area contributed by atoms with Crippen LogP contribution in [0.5, 0.6) is 0 Å². The summed E-state index contributed by atoms with van der Waals surface area (Å²) in [5.74, 6) is -0.149. The van der Waals surface area contributed by atoms with Crippen LogP contribution in [0.4, 0.5) is 5.69 Å². The van der Waals surface area contributed by atoms with Crippen LogP contribution >= 0.6 is 12.4 Å². The lowest BCUT2D eigenvalue weighted by Crippen LogP contribution is -2.39. The average molecular weight is 301 g/mol. The van der Waals surface area contributed by atoms with Gasteiger partial charge in [0.15, 0.2) is 6.10 Å². The predicted molar refractivity (Wildman–Crippen MR) is 80.3 cm³/mol. The second kappa shape index (κ2) is 8.92. The van der Waals surface area contributed by atoms with Gasteiger partial charge in [0.2, 0.25) is 0 Å². The SMILES string of the molecule is CCNCc1ccccc1NC(=O)C1COCCO1.Cl. The number of benzene rings is 1. The Balaban J connectivity index is 0.00000200. The summed E-state index contributed by atoms with van der Waals surface area (Å²) in [6, 6.07) is 7.76. The van der Waals surface area contributed by atoms with Crippen molar-refractivity contribution >= 4 is 24.0 Å². The highest BCUT2D eigenvalue weighted by molar-refractivity contribution is 5.95. The number of anilines is 1. The third-order valence-electron chi connectivity index (χ3n) is 2.95. The second-order valence-electron chi connectivity index (χ2n) is 4.36. The maximum Gasteiger partial charge on any atom is 0.255 e. The van der Waals surface area contributed by atoms with Crippen LogP contribution < -0.4 is 10.6 Å². The number of para-hydroxylation sites is 1. The van der Waals surface area contributed by atoms with E-state index in [1.807, 2.05) is 24.3 Å². The number of carbonyl (C=O) groups is 1. The normalized spacial score (nSPS) is 18.1. The first-order valence-corrected chi connectivity index (χ1v) is 6.60. The number of hydrogen-bond acceptors (Lipinski definition) is 4. The van der Waals surface area contributed by atoms with E-state index in [0.717, 1.165) is 24.3 Å². The molecule has 0 aromatic heterocycles. The molecular formula is C14H21ClN2O3. The highest BCUT2D eigenvalue weighted by Crippen LogP contribution is 2.16. The van der Waals surface area contributed by atoms with Gasteiger partial charge >= 0.3 is 0 Å². The lowest BCUT2D eigenvalue weighted by Gasteiger charge is -2.22. The van der Waals surface area contributed by atoms with Gasteiger partial charge in [-0.1, -0.05) is 25.1 Å². The van der Waals surface area contributed by atoms with Gasteiger partial charge in [-0.05, 0) is 18.2 Å². The molecule has 1 fully saturated rings. The van der Waals surface area contributed by atoms with Gasteiger partial charge in [-0.25, -0.2) is 0 Å². The van der Waals surface area contributed by atoms with Crippen molar-refractivity contribution in [3.05, 3.63) is 29.8 Å². The van der Waals surface area contributed by atoms with Crippen molar-refractivity contribution in [1.82, 2.24) is 5.32 Å². The highest BCUT2D eigenvalue weighted by Gasteiger charge is 2.23. The summed E-state index contributed by atoms with van der Waals surface area (Å²) in [5, 5.41) is 6.16. The Bertz CT molecular complexity index is 423. The fraction of sp³-hybridized carbons (Fsp3) is 0.500. The van der Waals surface area contributed by atoms with E-state index in [9.17, 15) is 4.79 Å². The van der Waals surface area contributed by atoms with Gasteiger partial charge in [-0.3, -0.25) is 4.79 Å².